The standard InChI is InChI=1S/C27H39N3O3/c1-16(2)21-11-19(12-24-29-22-8-7-17(3)9-23(22)30-24)18(4)10-20(21)15-28-25(31)13-27(5,6)14-26(32)33/h7-10,16,19-21H,11-15H2,1-6H3,(H,28,31)(H,29,30)(H,32,33)/t19-,20-,21-/m0/s1. The van der Waals surface area contributed by atoms with Crippen molar-refractivity contribution in [3.63, 3.8) is 0 Å². The molecule has 1 aliphatic rings. The molecule has 1 aromatic carbocycles. The van der Waals surface area contributed by atoms with Crippen molar-refractivity contribution in [3.8, 4) is 0 Å². The molecule has 1 aliphatic carbocycles. The lowest BCUT2D eigenvalue weighted by Gasteiger charge is -2.37. The number of carbonyl (C=O) groups is 2. The minimum Gasteiger partial charge on any atom is -0.481 e. The molecule has 0 fully saturated rings. The van der Waals surface area contributed by atoms with Crippen LogP contribution in [0.5, 0.6) is 0 Å². The third-order valence-electron chi connectivity index (χ3n) is 7.01. The van der Waals surface area contributed by atoms with Gasteiger partial charge in [-0.3, -0.25) is 9.59 Å². The normalized spacial score (nSPS) is 21.3. The molecule has 180 valence electrons. The Balaban J connectivity index is 1.66. The number of hydrogen-bond acceptors (Lipinski definition) is 3. The van der Waals surface area contributed by atoms with E-state index >= 15 is 0 Å². The summed E-state index contributed by atoms with van der Waals surface area (Å²) in [5.74, 6) is 1.77. The van der Waals surface area contributed by atoms with E-state index in [9.17, 15) is 9.59 Å². The number of rotatable bonds is 9. The molecule has 33 heavy (non-hydrogen) atoms. The van der Waals surface area contributed by atoms with Crippen molar-refractivity contribution in [1.82, 2.24) is 15.3 Å². The van der Waals surface area contributed by atoms with Crippen molar-refractivity contribution in [3.05, 3.63) is 41.2 Å². The minimum absolute atomic E-state index is 0.0134. The van der Waals surface area contributed by atoms with E-state index < -0.39 is 11.4 Å². The molecular formula is C27H39N3O3. The van der Waals surface area contributed by atoms with Crippen LogP contribution < -0.4 is 5.32 Å². The van der Waals surface area contributed by atoms with Crippen molar-refractivity contribution < 1.29 is 14.7 Å². The summed E-state index contributed by atoms with van der Waals surface area (Å²) in [5.41, 5.74) is 4.13. The largest absolute Gasteiger partial charge is 0.481 e. The Hall–Kier alpha value is -2.63. The number of carboxylic acid groups (broad SMARTS) is 1. The summed E-state index contributed by atoms with van der Waals surface area (Å²) in [7, 11) is 0. The van der Waals surface area contributed by atoms with Gasteiger partial charge >= 0.3 is 5.97 Å². The van der Waals surface area contributed by atoms with Crippen LogP contribution in [0, 0.1) is 36.0 Å². The van der Waals surface area contributed by atoms with E-state index in [2.05, 4.69) is 62.3 Å². The number of carbonyl (C=O) groups excluding carboxylic acids is 1. The van der Waals surface area contributed by atoms with Crippen LogP contribution in [-0.2, 0) is 16.0 Å². The third-order valence-corrected chi connectivity index (χ3v) is 7.01. The number of aromatic nitrogens is 2. The highest BCUT2D eigenvalue weighted by Gasteiger charge is 2.33. The quantitative estimate of drug-likeness (QED) is 0.450. The molecule has 1 amide bonds. The number of benzene rings is 1. The zero-order chi connectivity index (χ0) is 24.3. The van der Waals surface area contributed by atoms with Gasteiger partial charge in [0.25, 0.3) is 0 Å². The number of amides is 1. The molecule has 0 radical (unpaired) electrons. The van der Waals surface area contributed by atoms with Crippen molar-refractivity contribution in [2.75, 3.05) is 6.54 Å². The van der Waals surface area contributed by atoms with Crippen LogP contribution in [0.25, 0.3) is 11.0 Å². The average Bonchev–Trinajstić information content (AvgIpc) is 3.07. The monoisotopic (exact) mass is 453 g/mol. The molecule has 6 nitrogen and oxygen atoms in total. The second-order valence-corrected chi connectivity index (χ2v) is 11.0. The number of nitrogens with one attached hydrogen (secondary N) is 2. The predicted octanol–water partition coefficient (Wildman–Crippen LogP) is 5.28. The maximum atomic E-state index is 12.5. The fourth-order valence-electron chi connectivity index (χ4n) is 5.21. The molecule has 2 aromatic rings. The van der Waals surface area contributed by atoms with Crippen LogP contribution >= 0.6 is 0 Å². The second-order valence-electron chi connectivity index (χ2n) is 11.0. The highest BCUT2D eigenvalue weighted by molar-refractivity contribution is 5.78. The van der Waals surface area contributed by atoms with E-state index in [1.165, 1.54) is 11.1 Å². The summed E-state index contributed by atoms with van der Waals surface area (Å²) >= 11 is 0. The first kappa shape index (κ1) is 25.0. The van der Waals surface area contributed by atoms with Crippen molar-refractivity contribution >= 4 is 22.9 Å². The zero-order valence-corrected chi connectivity index (χ0v) is 20.9. The van der Waals surface area contributed by atoms with Gasteiger partial charge in [-0.15, -0.1) is 0 Å². The molecule has 0 spiro atoms. The molecule has 0 bridgehead atoms. The van der Waals surface area contributed by atoms with Gasteiger partial charge in [-0.05, 0) is 67.1 Å². The summed E-state index contributed by atoms with van der Waals surface area (Å²) in [6.07, 6.45) is 4.51. The van der Waals surface area contributed by atoms with Gasteiger partial charge in [0, 0.05) is 19.4 Å². The molecule has 0 unspecified atom stereocenters. The van der Waals surface area contributed by atoms with E-state index in [0.717, 1.165) is 29.7 Å². The Labute approximate surface area is 197 Å². The first-order valence-corrected chi connectivity index (χ1v) is 12.1. The first-order chi connectivity index (χ1) is 15.4. The maximum Gasteiger partial charge on any atom is 0.303 e. The lowest BCUT2D eigenvalue weighted by atomic mass is 9.69. The molecule has 1 aromatic heterocycles. The Morgan fingerprint density at radius 1 is 1.24 bits per heavy atom. The molecule has 1 heterocycles. The summed E-state index contributed by atoms with van der Waals surface area (Å²) in [6, 6.07) is 6.31. The van der Waals surface area contributed by atoms with E-state index in [4.69, 9.17) is 10.1 Å². The van der Waals surface area contributed by atoms with Gasteiger partial charge in [0.2, 0.25) is 5.91 Å². The van der Waals surface area contributed by atoms with Crippen LogP contribution in [-0.4, -0.2) is 33.5 Å². The Morgan fingerprint density at radius 2 is 1.97 bits per heavy atom. The van der Waals surface area contributed by atoms with Gasteiger partial charge in [-0.1, -0.05) is 45.4 Å². The number of aliphatic carboxylic acids is 1. The average molecular weight is 454 g/mol. The van der Waals surface area contributed by atoms with Gasteiger partial charge in [0.15, 0.2) is 0 Å². The van der Waals surface area contributed by atoms with Gasteiger partial charge in [0.1, 0.15) is 5.82 Å². The van der Waals surface area contributed by atoms with E-state index in [1.807, 2.05) is 13.8 Å². The molecule has 0 saturated carbocycles. The van der Waals surface area contributed by atoms with Crippen LogP contribution in [0.15, 0.2) is 29.8 Å². The number of fused-ring (bicyclic) bond motifs is 1. The number of carboxylic acids is 1. The number of hydrogen-bond donors (Lipinski definition) is 3. The fraction of sp³-hybridized carbons (Fsp3) is 0.593. The Morgan fingerprint density at radius 3 is 2.64 bits per heavy atom. The van der Waals surface area contributed by atoms with Gasteiger partial charge in [-0.25, -0.2) is 4.98 Å². The second kappa shape index (κ2) is 10.1. The lowest BCUT2D eigenvalue weighted by molar-refractivity contribution is -0.139. The predicted molar refractivity (Wildman–Crippen MR) is 132 cm³/mol. The van der Waals surface area contributed by atoms with Crippen molar-refractivity contribution in [2.45, 2.75) is 67.2 Å². The first-order valence-electron chi connectivity index (χ1n) is 12.1. The number of aromatic amines is 1. The zero-order valence-electron chi connectivity index (χ0n) is 20.9. The third kappa shape index (κ3) is 6.68. The highest BCUT2D eigenvalue weighted by Crippen LogP contribution is 2.38. The summed E-state index contributed by atoms with van der Waals surface area (Å²) in [5, 5.41) is 12.1. The summed E-state index contributed by atoms with van der Waals surface area (Å²) in [6.45, 7) is 13.0. The van der Waals surface area contributed by atoms with Crippen molar-refractivity contribution in [1.29, 1.82) is 0 Å². The molecule has 6 heteroatoms. The SMILES string of the molecule is CC1=C[C@@H](CNC(=O)CC(C)(C)CC(=O)O)[C@H](C(C)C)C[C@H]1Cc1nc2ccc(C)cc2[nH]1. The number of H-pyrrole nitrogens is 1. The lowest BCUT2D eigenvalue weighted by Crippen LogP contribution is -2.38. The van der Waals surface area contributed by atoms with E-state index in [0.29, 0.717) is 24.3 Å². The molecule has 3 rings (SSSR count). The molecule has 3 N–H and O–H groups in total. The molecule has 0 aliphatic heterocycles. The smallest absolute Gasteiger partial charge is 0.303 e. The van der Waals surface area contributed by atoms with Gasteiger partial charge in [-0.2, -0.15) is 0 Å². The summed E-state index contributed by atoms with van der Waals surface area (Å²) < 4.78 is 0. The number of aryl methyl sites for hydroxylation is 1. The van der Waals surface area contributed by atoms with Crippen LogP contribution in [0.1, 0.15) is 65.3 Å². The van der Waals surface area contributed by atoms with Gasteiger partial charge < -0.3 is 15.4 Å². The van der Waals surface area contributed by atoms with E-state index in [-0.39, 0.29) is 24.7 Å². The van der Waals surface area contributed by atoms with Gasteiger partial charge in [0.05, 0.1) is 17.5 Å². The highest BCUT2D eigenvalue weighted by atomic mass is 16.4. The van der Waals surface area contributed by atoms with Crippen LogP contribution in [0.3, 0.4) is 0 Å². The minimum atomic E-state index is -0.871. The Bertz CT molecular complexity index is 1030. The number of nitrogens with zero attached hydrogens (tertiary/aromatic N) is 1. The van der Waals surface area contributed by atoms with E-state index in [1.54, 1.807) is 0 Å². The Kier molecular flexibility index (Phi) is 7.65. The summed E-state index contributed by atoms with van der Waals surface area (Å²) in [4.78, 5) is 31.9. The molecule has 3 atom stereocenters. The van der Waals surface area contributed by atoms with Crippen LogP contribution in [0.4, 0.5) is 0 Å². The molecule has 0 saturated heterocycles. The fourth-order valence-corrected chi connectivity index (χ4v) is 5.21. The number of allylic oxidation sites excluding steroid dienone is 1. The number of imidazole rings is 1. The molecular weight excluding hydrogens is 414 g/mol. The topological polar surface area (TPSA) is 95.1 Å². The van der Waals surface area contributed by atoms with Crippen LogP contribution in [0.2, 0.25) is 0 Å². The maximum absolute atomic E-state index is 12.5. The van der Waals surface area contributed by atoms with Crippen molar-refractivity contribution in [2.24, 2.45) is 29.1 Å².